The Bertz CT molecular complexity index is 626. The van der Waals surface area contributed by atoms with Gasteiger partial charge in [-0.05, 0) is 11.1 Å². The van der Waals surface area contributed by atoms with Gasteiger partial charge in [0.05, 0.1) is 0 Å². The molecule has 0 saturated carbocycles. The molecule has 0 heterocycles. The number of rotatable bonds is 6. The van der Waals surface area contributed by atoms with Crippen molar-refractivity contribution >= 4 is 40.6 Å². The van der Waals surface area contributed by atoms with Crippen LogP contribution in [0.4, 0.5) is 0 Å². The van der Waals surface area contributed by atoms with Gasteiger partial charge >= 0.3 is 0 Å². The molecule has 0 aliphatic heterocycles. The molecular formula is C18H18Cl3NO. The van der Waals surface area contributed by atoms with Gasteiger partial charge in [0, 0.05) is 18.5 Å². The van der Waals surface area contributed by atoms with E-state index in [2.05, 4.69) is 5.32 Å². The van der Waals surface area contributed by atoms with Gasteiger partial charge in [-0.2, -0.15) is 0 Å². The van der Waals surface area contributed by atoms with E-state index in [1.54, 1.807) is 6.92 Å². The van der Waals surface area contributed by atoms with Crippen molar-refractivity contribution < 1.29 is 4.79 Å². The maximum Gasteiger partial charge on any atom is 0.249 e. The third-order valence-corrected chi connectivity index (χ3v) is 4.28. The van der Waals surface area contributed by atoms with Crippen LogP contribution < -0.4 is 5.32 Å². The quantitative estimate of drug-likeness (QED) is 0.717. The third-order valence-electron chi connectivity index (χ3n) is 3.72. The highest BCUT2D eigenvalue weighted by Crippen LogP contribution is 2.35. The molecule has 2 aromatic rings. The van der Waals surface area contributed by atoms with E-state index >= 15 is 0 Å². The molecule has 0 fully saturated rings. The predicted molar refractivity (Wildman–Crippen MR) is 96.9 cm³/mol. The first-order valence-corrected chi connectivity index (χ1v) is 8.46. The summed E-state index contributed by atoms with van der Waals surface area (Å²) in [6.45, 7) is 2.40. The minimum absolute atomic E-state index is 0.237. The number of nitrogens with one attached hydrogen (secondary N) is 1. The molecule has 0 aromatic heterocycles. The molecule has 0 spiro atoms. The SMILES string of the molecule is C[C@@H](C(=O)C(Cl)(Cl)Cl)[C@@H](NCc1ccccc1)c1ccccc1. The Kier molecular flexibility index (Phi) is 6.49. The summed E-state index contributed by atoms with van der Waals surface area (Å²) in [6, 6.07) is 19.4. The van der Waals surface area contributed by atoms with E-state index in [0.29, 0.717) is 6.54 Å². The zero-order valence-electron chi connectivity index (χ0n) is 12.7. The van der Waals surface area contributed by atoms with Crippen LogP contribution in [0.1, 0.15) is 24.1 Å². The Morgan fingerprint density at radius 3 is 2.04 bits per heavy atom. The normalized spacial score (nSPS) is 14.3. The highest BCUT2D eigenvalue weighted by Gasteiger charge is 2.38. The van der Waals surface area contributed by atoms with E-state index in [-0.39, 0.29) is 6.04 Å². The van der Waals surface area contributed by atoms with E-state index in [0.717, 1.165) is 11.1 Å². The summed E-state index contributed by atoms with van der Waals surface area (Å²) in [5, 5.41) is 3.41. The molecular weight excluding hydrogens is 353 g/mol. The minimum atomic E-state index is -1.92. The molecule has 2 nitrogen and oxygen atoms in total. The third kappa shape index (κ3) is 5.22. The Morgan fingerprint density at radius 2 is 1.52 bits per heavy atom. The number of alkyl halides is 3. The summed E-state index contributed by atoms with van der Waals surface area (Å²) in [5.41, 5.74) is 2.11. The molecule has 0 bridgehead atoms. The molecule has 0 radical (unpaired) electrons. The van der Waals surface area contributed by atoms with E-state index in [4.69, 9.17) is 34.8 Å². The molecule has 122 valence electrons. The smallest absolute Gasteiger partial charge is 0.249 e. The fourth-order valence-electron chi connectivity index (χ4n) is 2.48. The Labute approximate surface area is 151 Å². The monoisotopic (exact) mass is 369 g/mol. The van der Waals surface area contributed by atoms with E-state index < -0.39 is 15.5 Å². The van der Waals surface area contributed by atoms with Crippen molar-refractivity contribution in [2.75, 3.05) is 0 Å². The van der Waals surface area contributed by atoms with Crippen molar-refractivity contribution in [3.05, 3.63) is 71.8 Å². The van der Waals surface area contributed by atoms with Crippen LogP contribution in [0.5, 0.6) is 0 Å². The maximum atomic E-state index is 12.4. The maximum absolute atomic E-state index is 12.4. The number of carbonyl (C=O) groups is 1. The number of hydrogen-bond acceptors (Lipinski definition) is 2. The van der Waals surface area contributed by atoms with Gasteiger partial charge in [-0.15, -0.1) is 0 Å². The van der Waals surface area contributed by atoms with Crippen molar-refractivity contribution in [1.82, 2.24) is 5.32 Å². The van der Waals surface area contributed by atoms with Crippen LogP contribution in [-0.4, -0.2) is 9.58 Å². The highest BCUT2D eigenvalue weighted by atomic mass is 35.6. The first-order chi connectivity index (χ1) is 10.9. The van der Waals surface area contributed by atoms with E-state index in [1.807, 2.05) is 60.7 Å². The molecule has 2 aromatic carbocycles. The van der Waals surface area contributed by atoms with Crippen LogP contribution in [0.3, 0.4) is 0 Å². The average Bonchev–Trinajstić information content (AvgIpc) is 2.55. The topological polar surface area (TPSA) is 29.1 Å². The lowest BCUT2D eigenvalue weighted by Gasteiger charge is -2.27. The van der Waals surface area contributed by atoms with Crippen LogP contribution in [0.25, 0.3) is 0 Å². The lowest BCUT2D eigenvalue weighted by atomic mass is 9.91. The molecule has 2 atom stereocenters. The summed E-state index contributed by atoms with van der Waals surface area (Å²) in [5.74, 6) is -0.898. The molecule has 0 aliphatic carbocycles. The summed E-state index contributed by atoms with van der Waals surface area (Å²) in [6.07, 6.45) is 0. The van der Waals surface area contributed by atoms with Crippen molar-refractivity contribution in [2.45, 2.75) is 23.3 Å². The zero-order chi connectivity index (χ0) is 16.9. The first-order valence-electron chi connectivity index (χ1n) is 7.33. The number of carbonyl (C=O) groups excluding carboxylic acids is 1. The highest BCUT2D eigenvalue weighted by molar-refractivity contribution is 6.76. The number of Topliss-reactive ketones (excluding diaryl/α,β-unsaturated/α-hetero) is 1. The lowest BCUT2D eigenvalue weighted by molar-refractivity contribution is -0.122. The van der Waals surface area contributed by atoms with E-state index in [1.165, 1.54) is 0 Å². The lowest BCUT2D eigenvalue weighted by Crippen LogP contribution is -2.36. The Hall–Kier alpha value is -1.06. The van der Waals surface area contributed by atoms with Crippen LogP contribution in [0, 0.1) is 5.92 Å². The van der Waals surface area contributed by atoms with Gasteiger partial charge in [-0.25, -0.2) is 0 Å². The number of halogens is 3. The second-order valence-electron chi connectivity index (χ2n) is 5.41. The van der Waals surface area contributed by atoms with Gasteiger partial charge < -0.3 is 5.32 Å². The van der Waals surface area contributed by atoms with Gasteiger partial charge in [0.15, 0.2) is 5.78 Å². The van der Waals surface area contributed by atoms with Gasteiger partial charge in [-0.3, -0.25) is 4.79 Å². The fourth-order valence-corrected chi connectivity index (χ4v) is 2.99. The molecule has 0 aliphatic rings. The standard InChI is InChI=1S/C18H18Cl3NO/c1-13(17(23)18(19,20)21)16(15-10-6-3-7-11-15)22-12-14-8-4-2-5-9-14/h2-11,13,16,22H,12H2,1H3/t13-,16-/m1/s1. The number of hydrogen-bond donors (Lipinski definition) is 1. The van der Waals surface area contributed by atoms with Crippen molar-refractivity contribution in [1.29, 1.82) is 0 Å². The minimum Gasteiger partial charge on any atom is -0.305 e. The predicted octanol–water partition coefficient (Wildman–Crippen LogP) is 5.09. The van der Waals surface area contributed by atoms with Crippen LogP contribution >= 0.6 is 34.8 Å². The Balaban J connectivity index is 2.20. The van der Waals surface area contributed by atoms with Gasteiger partial charge in [0.25, 0.3) is 0 Å². The average molecular weight is 371 g/mol. The summed E-state index contributed by atoms with van der Waals surface area (Å²) < 4.78 is -1.92. The molecule has 0 saturated heterocycles. The van der Waals surface area contributed by atoms with Crippen molar-refractivity contribution in [3.63, 3.8) is 0 Å². The molecule has 5 heteroatoms. The molecule has 2 rings (SSSR count). The van der Waals surface area contributed by atoms with Gasteiger partial charge in [-0.1, -0.05) is 102 Å². The second-order valence-corrected chi connectivity index (χ2v) is 7.69. The molecule has 1 N–H and O–H groups in total. The van der Waals surface area contributed by atoms with E-state index in [9.17, 15) is 4.79 Å². The van der Waals surface area contributed by atoms with Gasteiger partial charge in [0.2, 0.25) is 3.79 Å². The molecule has 0 amide bonds. The first kappa shape index (κ1) is 18.3. The molecule has 23 heavy (non-hydrogen) atoms. The summed E-state index contributed by atoms with van der Waals surface area (Å²) >= 11 is 17.3. The zero-order valence-corrected chi connectivity index (χ0v) is 14.9. The van der Waals surface area contributed by atoms with Gasteiger partial charge in [0.1, 0.15) is 0 Å². The summed E-state index contributed by atoms with van der Waals surface area (Å²) in [7, 11) is 0. The van der Waals surface area contributed by atoms with Crippen LogP contribution in [0.2, 0.25) is 0 Å². The fraction of sp³-hybridized carbons (Fsp3) is 0.278. The number of benzene rings is 2. The second kappa shape index (κ2) is 8.16. The largest absolute Gasteiger partial charge is 0.305 e. The van der Waals surface area contributed by atoms with Crippen LogP contribution in [-0.2, 0) is 11.3 Å². The van der Waals surface area contributed by atoms with Crippen molar-refractivity contribution in [3.8, 4) is 0 Å². The summed E-state index contributed by atoms with van der Waals surface area (Å²) in [4.78, 5) is 12.4. The van der Waals surface area contributed by atoms with Crippen LogP contribution in [0.15, 0.2) is 60.7 Å². The van der Waals surface area contributed by atoms with Crippen molar-refractivity contribution in [2.24, 2.45) is 5.92 Å². The number of ketones is 1. The Morgan fingerprint density at radius 1 is 1.00 bits per heavy atom. The molecule has 0 unspecified atom stereocenters.